The van der Waals surface area contributed by atoms with Crippen LogP contribution in [0.1, 0.15) is 20.3 Å². The van der Waals surface area contributed by atoms with E-state index in [0.717, 1.165) is 11.8 Å². The zero-order valence-corrected chi connectivity index (χ0v) is 15.0. The number of carbonyl (C=O) groups is 2. The van der Waals surface area contributed by atoms with Crippen molar-refractivity contribution < 1.29 is 24.2 Å². The summed E-state index contributed by atoms with van der Waals surface area (Å²) in [7, 11) is 1.26. The monoisotopic (exact) mass is 353 g/mol. The summed E-state index contributed by atoms with van der Waals surface area (Å²) in [4.78, 5) is 27.5. The third kappa shape index (κ3) is 3.52. The van der Waals surface area contributed by atoms with Crippen LogP contribution in [0.3, 0.4) is 0 Å². The van der Waals surface area contributed by atoms with Gasteiger partial charge >= 0.3 is 5.97 Å². The minimum absolute atomic E-state index is 0.0787. The molecule has 2 atom stereocenters. The lowest BCUT2D eigenvalue weighted by molar-refractivity contribution is -0.151. The Morgan fingerprint density at radius 1 is 1.38 bits per heavy atom. The minimum Gasteiger partial charge on any atom is -0.490 e. The van der Waals surface area contributed by atoms with Gasteiger partial charge in [-0.2, -0.15) is 0 Å². The van der Waals surface area contributed by atoms with E-state index in [1.54, 1.807) is 17.0 Å². The Bertz CT molecular complexity index is 604. The Kier molecular flexibility index (Phi) is 6.12. The summed E-state index contributed by atoms with van der Waals surface area (Å²) in [5, 5.41) is 10.6. The normalized spacial score (nSPS) is 22.8. The van der Waals surface area contributed by atoms with Crippen molar-refractivity contribution in [3.63, 3.8) is 0 Å². The number of amides is 1. The van der Waals surface area contributed by atoms with E-state index in [9.17, 15) is 14.7 Å². The van der Waals surface area contributed by atoms with Crippen molar-refractivity contribution in [1.29, 1.82) is 0 Å². The molecule has 0 aromatic heterocycles. The van der Waals surface area contributed by atoms with Crippen molar-refractivity contribution in [2.75, 3.05) is 26.8 Å². The second kappa shape index (κ2) is 7.90. The first-order valence-electron chi connectivity index (χ1n) is 7.93. The molecule has 6 nitrogen and oxygen atoms in total. The molecule has 1 N–H and O–H groups in total. The van der Waals surface area contributed by atoms with Gasteiger partial charge < -0.3 is 19.5 Å². The number of thioether (sulfide) groups is 1. The first kappa shape index (κ1) is 18.6. The van der Waals surface area contributed by atoms with Gasteiger partial charge in [-0.1, -0.05) is 12.1 Å². The molecule has 0 spiro atoms. The molecule has 24 heavy (non-hydrogen) atoms. The SMILES string of the molecule is CCN(CC)C(=O)CC1(C(=O)OC)Sc2ccccc2OCC1O. The van der Waals surface area contributed by atoms with E-state index in [-0.39, 0.29) is 18.9 Å². The Hall–Kier alpha value is -1.73. The van der Waals surface area contributed by atoms with E-state index in [0.29, 0.717) is 23.7 Å². The number of methoxy groups -OCH3 is 1. The number of hydrogen-bond acceptors (Lipinski definition) is 6. The average molecular weight is 353 g/mol. The van der Waals surface area contributed by atoms with Crippen LogP contribution in [0, 0.1) is 0 Å². The molecule has 0 bridgehead atoms. The predicted octanol–water partition coefficient (Wildman–Crippen LogP) is 1.70. The summed E-state index contributed by atoms with van der Waals surface area (Å²) in [5.74, 6) is -0.236. The van der Waals surface area contributed by atoms with Gasteiger partial charge in [0.2, 0.25) is 5.91 Å². The quantitative estimate of drug-likeness (QED) is 0.812. The maximum Gasteiger partial charge on any atom is 0.325 e. The minimum atomic E-state index is -1.43. The summed E-state index contributed by atoms with van der Waals surface area (Å²) < 4.78 is 9.11. The molecule has 1 amide bonds. The van der Waals surface area contributed by atoms with E-state index in [2.05, 4.69) is 0 Å². The number of aliphatic hydroxyl groups excluding tert-OH is 1. The number of ether oxygens (including phenoxy) is 2. The molecule has 0 radical (unpaired) electrons. The fraction of sp³-hybridized carbons (Fsp3) is 0.529. The van der Waals surface area contributed by atoms with Crippen molar-refractivity contribution in [3.05, 3.63) is 24.3 Å². The Labute approximate surface area is 146 Å². The van der Waals surface area contributed by atoms with Gasteiger partial charge in [-0.15, -0.1) is 11.8 Å². The standard InChI is InChI=1S/C17H23NO5S/c1-4-18(5-2)15(20)10-17(16(21)22-3)14(19)11-23-12-8-6-7-9-13(12)24-17/h6-9,14,19H,4-5,10-11H2,1-3H3. The highest BCUT2D eigenvalue weighted by atomic mass is 32.2. The van der Waals surface area contributed by atoms with E-state index in [4.69, 9.17) is 9.47 Å². The van der Waals surface area contributed by atoms with Gasteiger partial charge in [0.1, 0.15) is 18.5 Å². The van der Waals surface area contributed by atoms with Gasteiger partial charge in [0.25, 0.3) is 0 Å². The Morgan fingerprint density at radius 3 is 2.67 bits per heavy atom. The molecule has 0 saturated carbocycles. The Morgan fingerprint density at radius 2 is 2.04 bits per heavy atom. The number of hydrogen-bond donors (Lipinski definition) is 1. The van der Waals surface area contributed by atoms with Crippen LogP contribution in [-0.4, -0.2) is 59.5 Å². The second-order valence-electron chi connectivity index (χ2n) is 5.50. The summed E-state index contributed by atoms with van der Waals surface area (Å²) in [6.07, 6.45) is -1.31. The molecular weight excluding hydrogens is 330 g/mol. The first-order valence-corrected chi connectivity index (χ1v) is 8.75. The molecule has 0 saturated heterocycles. The number of aliphatic hydroxyl groups is 1. The Balaban J connectivity index is 2.42. The second-order valence-corrected chi connectivity index (χ2v) is 6.87. The highest BCUT2D eigenvalue weighted by Gasteiger charge is 2.51. The van der Waals surface area contributed by atoms with E-state index < -0.39 is 16.8 Å². The summed E-state index contributed by atoms with van der Waals surface area (Å²) in [6, 6.07) is 7.21. The van der Waals surface area contributed by atoms with Crippen LogP contribution >= 0.6 is 11.8 Å². The zero-order chi connectivity index (χ0) is 17.7. The summed E-state index contributed by atoms with van der Waals surface area (Å²) >= 11 is 1.14. The number of esters is 1. The molecule has 2 unspecified atom stereocenters. The number of rotatable bonds is 5. The van der Waals surface area contributed by atoms with E-state index in [1.807, 2.05) is 26.0 Å². The predicted molar refractivity (Wildman–Crippen MR) is 91.1 cm³/mol. The van der Waals surface area contributed by atoms with Crippen LogP contribution in [0.25, 0.3) is 0 Å². The van der Waals surface area contributed by atoms with Crippen LogP contribution in [-0.2, 0) is 14.3 Å². The number of para-hydroxylation sites is 1. The topological polar surface area (TPSA) is 76.1 Å². The fourth-order valence-corrected chi connectivity index (χ4v) is 4.04. The van der Waals surface area contributed by atoms with Crippen molar-refractivity contribution in [3.8, 4) is 5.75 Å². The van der Waals surface area contributed by atoms with Gasteiger partial charge in [0.15, 0.2) is 4.75 Å². The average Bonchev–Trinajstić information content (AvgIpc) is 2.73. The molecule has 7 heteroatoms. The van der Waals surface area contributed by atoms with Crippen molar-refractivity contribution in [2.24, 2.45) is 0 Å². The zero-order valence-electron chi connectivity index (χ0n) is 14.2. The lowest BCUT2D eigenvalue weighted by atomic mass is 9.96. The smallest absolute Gasteiger partial charge is 0.325 e. The van der Waals surface area contributed by atoms with Gasteiger partial charge in [-0.25, -0.2) is 0 Å². The summed E-state index contributed by atoms with van der Waals surface area (Å²) in [6.45, 7) is 4.76. The molecule has 1 aliphatic rings. The van der Waals surface area contributed by atoms with Gasteiger partial charge in [0.05, 0.1) is 18.4 Å². The molecule has 2 rings (SSSR count). The van der Waals surface area contributed by atoms with Crippen LogP contribution in [0.2, 0.25) is 0 Å². The van der Waals surface area contributed by atoms with E-state index >= 15 is 0 Å². The van der Waals surface area contributed by atoms with Crippen molar-refractivity contribution in [2.45, 2.75) is 36.0 Å². The summed E-state index contributed by atoms with van der Waals surface area (Å²) in [5.41, 5.74) is 0. The third-order valence-electron chi connectivity index (χ3n) is 4.14. The molecule has 1 aromatic rings. The maximum atomic E-state index is 12.6. The fourth-order valence-electron chi connectivity index (χ4n) is 2.71. The lowest BCUT2D eigenvalue weighted by Gasteiger charge is -2.33. The van der Waals surface area contributed by atoms with Crippen LogP contribution < -0.4 is 4.74 Å². The van der Waals surface area contributed by atoms with Crippen LogP contribution in [0.5, 0.6) is 5.75 Å². The maximum absolute atomic E-state index is 12.6. The molecular formula is C17H23NO5S. The highest BCUT2D eigenvalue weighted by Crippen LogP contribution is 2.46. The molecule has 1 aromatic carbocycles. The largest absolute Gasteiger partial charge is 0.490 e. The number of fused-ring (bicyclic) bond motifs is 1. The highest BCUT2D eigenvalue weighted by molar-refractivity contribution is 8.01. The molecule has 1 aliphatic heterocycles. The molecule has 0 fully saturated rings. The van der Waals surface area contributed by atoms with Gasteiger partial charge in [0, 0.05) is 13.1 Å². The number of carbonyl (C=O) groups excluding carboxylic acids is 2. The van der Waals surface area contributed by atoms with E-state index in [1.165, 1.54) is 7.11 Å². The molecule has 1 heterocycles. The number of nitrogens with zero attached hydrogens (tertiary/aromatic N) is 1. The van der Waals surface area contributed by atoms with Crippen molar-refractivity contribution in [1.82, 2.24) is 4.90 Å². The number of benzene rings is 1. The van der Waals surface area contributed by atoms with Crippen molar-refractivity contribution >= 4 is 23.6 Å². The van der Waals surface area contributed by atoms with Gasteiger partial charge in [-0.05, 0) is 26.0 Å². The van der Waals surface area contributed by atoms with Gasteiger partial charge in [-0.3, -0.25) is 9.59 Å². The van der Waals surface area contributed by atoms with Crippen LogP contribution in [0.15, 0.2) is 29.2 Å². The van der Waals surface area contributed by atoms with Crippen LogP contribution in [0.4, 0.5) is 0 Å². The first-order chi connectivity index (χ1) is 11.5. The molecule has 132 valence electrons. The third-order valence-corrected chi connectivity index (χ3v) is 5.64. The lowest BCUT2D eigenvalue weighted by Crippen LogP contribution is -2.52. The molecule has 0 aliphatic carbocycles.